The van der Waals surface area contributed by atoms with Gasteiger partial charge in [-0.2, -0.15) is 0 Å². The van der Waals surface area contributed by atoms with Crippen molar-refractivity contribution >= 4 is 17.9 Å². The molecule has 0 spiro atoms. The van der Waals surface area contributed by atoms with Crippen molar-refractivity contribution in [2.24, 2.45) is 0 Å². The van der Waals surface area contributed by atoms with Gasteiger partial charge in [-0.25, -0.2) is 0 Å². The zero-order valence-electron chi connectivity index (χ0n) is 51.0. The number of carbonyl (C=O) groups is 3. The molecule has 0 aliphatic heterocycles. The largest absolute Gasteiger partial charge is 0.462 e. The Morgan fingerprint density at radius 3 is 0.789 bits per heavy atom. The molecule has 0 heterocycles. The Labute approximate surface area is 473 Å². The third-order valence-electron chi connectivity index (χ3n) is 15.1. The standard InChI is InChI=1S/C70H128O6/c1-4-7-10-13-16-19-22-24-26-28-30-32-34-35-36-38-39-41-43-45-48-51-54-57-60-63-69(72)75-66-67(65-74-68(71)62-59-56-53-50-47-21-18-15-12-9-6-3)76-70(73)64-61-58-55-52-49-46-44-42-40-37-33-31-29-27-25-23-20-17-14-11-8-5-2/h15,18,22,24,28,30,34-35,67H,4-14,16-17,19-21,23,25-27,29,31-33,36-66H2,1-3H3/b18-15-,24-22-,30-28-,35-34-. The van der Waals surface area contributed by atoms with Gasteiger partial charge in [0.2, 0.25) is 0 Å². The molecule has 1 atom stereocenters. The molecule has 0 N–H and O–H groups in total. The van der Waals surface area contributed by atoms with E-state index in [1.807, 2.05) is 0 Å². The van der Waals surface area contributed by atoms with Crippen LogP contribution in [0.15, 0.2) is 48.6 Å². The van der Waals surface area contributed by atoms with Gasteiger partial charge in [0.1, 0.15) is 13.2 Å². The average Bonchev–Trinajstić information content (AvgIpc) is 3.42. The molecule has 0 radical (unpaired) electrons. The predicted molar refractivity (Wildman–Crippen MR) is 330 cm³/mol. The lowest BCUT2D eigenvalue weighted by atomic mass is 10.0. The van der Waals surface area contributed by atoms with Crippen LogP contribution in [0, 0.1) is 0 Å². The third-order valence-corrected chi connectivity index (χ3v) is 15.1. The number of unbranched alkanes of at least 4 members (excludes halogenated alkanes) is 43. The van der Waals surface area contributed by atoms with E-state index in [0.29, 0.717) is 19.3 Å². The molecule has 6 nitrogen and oxygen atoms in total. The molecule has 76 heavy (non-hydrogen) atoms. The molecule has 0 aliphatic carbocycles. The van der Waals surface area contributed by atoms with E-state index in [0.717, 1.165) is 77.0 Å². The van der Waals surface area contributed by atoms with Crippen LogP contribution in [0.25, 0.3) is 0 Å². The van der Waals surface area contributed by atoms with Gasteiger partial charge in [0.15, 0.2) is 6.10 Å². The monoisotopic (exact) mass is 1060 g/mol. The highest BCUT2D eigenvalue weighted by atomic mass is 16.6. The fraction of sp³-hybridized carbons (Fsp3) is 0.843. The Balaban J connectivity index is 4.23. The summed E-state index contributed by atoms with van der Waals surface area (Å²) in [6.45, 7) is 6.64. The fourth-order valence-corrected chi connectivity index (χ4v) is 9.96. The number of hydrogen-bond donors (Lipinski definition) is 0. The molecule has 0 aromatic rings. The summed E-state index contributed by atoms with van der Waals surface area (Å²) in [5.74, 6) is -0.865. The number of ether oxygens (including phenoxy) is 3. The van der Waals surface area contributed by atoms with Crippen LogP contribution in [0.3, 0.4) is 0 Å². The second-order valence-electron chi connectivity index (χ2n) is 22.7. The van der Waals surface area contributed by atoms with Crippen molar-refractivity contribution in [1.82, 2.24) is 0 Å². The molecule has 0 rings (SSSR count). The van der Waals surface area contributed by atoms with E-state index >= 15 is 0 Å². The molecule has 0 aromatic heterocycles. The van der Waals surface area contributed by atoms with E-state index < -0.39 is 6.10 Å². The lowest BCUT2D eigenvalue weighted by Gasteiger charge is -2.18. The maximum absolute atomic E-state index is 12.9. The maximum atomic E-state index is 12.9. The van der Waals surface area contributed by atoms with E-state index in [9.17, 15) is 14.4 Å². The smallest absolute Gasteiger partial charge is 0.306 e. The zero-order chi connectivity index (χ0) is 55.0. The van der Waals surface area contributed by atoms with Crippen LogP contribution in [0.4, 0.5) is 0 Å². The van der Waals surface area contributed by atoms with Crippen molar-refractivity contribution < 1.29 is 28.6 Å². The van der Waals surface area contributed by atoms with E-state index in [2.05, 4.69) is 69.4 Å². The number of allylic oxidation sites excluding steroid dienone is 8. The number of rotatable bonds is 62. The van der Waals surface area contributed by atoms with Crippen LogP contribution < -0.4 is 0 Å². The Kier molecular flexibility index (Phi) is 62.6. The summed E-state index contributed by atoms with van der Waals surface area (Å²) in [6.07, 6.45) is 81.3. The molecule has 444 valence electrons. The first-order valence-electron chi connectivity index (χ1n) is 33.6. The van der Waals surface area contributed by atoms with E-state index in [1.54, 1.807) is 0 Å². The van der Waals surface area contributed by atoms with Crippen molar-refractivity contribution in [2.45, 2.75) is 367 Å². The zero-order valence-corrected chi connectivity index (χ0v) is 51.0. The van der Waals surface area contributed by atoms with Crippen LogP contribution in [-0.2, 0) is 28.6 Å². The molecule has 0 saturated heterocycles. The van der Waals surface area contributed by atoms with Gasteiger partial charge in [0, 0.05) is 19.3 Å². The van der Waals surface area contributed by atoms with Gasteiger partial charge in [0.25, 0.3) is 0 Å². The first-order chi connectivity index (χ1) is 37.5. The highest BCUT2D eigenvalue weighted by molar-refractivity contribution is 5.71. The molecular weight excluding hydrogens is 937 g/mol. The first kappa shape index (κ1) is 73.4. The number of esters is 3. The van der Waals surface area contributed by atoms with Gasteiger partial charge in [-0.15, -0.1) is 0 Å². The summed E-state index contributed by atoms with van der Waals surface area (Å²) in [6, 6.07) is 0. The molecule has 0 saturated carbocycles. The van der Waals surface area contributed by atoms with Crippen LogP contribution in [-0.4, -0.2) is 37.2 Å². The lowest BCUT2D eigenvalue weighted by Crippen LogP contribution is -2.30. The molecule has 0 amide bonds. The molecule has 0 aliphatic rings. The first-order valence-corrected chi connectivity index (χ1v) is 33.6. The number of carbonyl (C=O) groups excluding carboxylic acids is 3. The SMILES string of the molecule is CCCC/C=C\CCCCCCCC(=O)OCC(COC(=O)CCCCCCCCCCCC/C=C\C/C=C\C/C=C\CCCCCCC)OC(=O)CCCCCCCCCCCCCCCCCCCCCCCC. The summed E-state index contributed by atoms with van der Waals surface area (Å²) in [4.78, 5) is 38.3. The topological polar surface area (TPSA) is 78.9 Å². The Hall–Kier alpha value is -2.63. The van der Waals surface area contributed by atoms with E-state index in [1.165, 1.54) is 244 Å². The van der Waals surface area contributed by atoms with Crippen LogP contribution in [0.5, 0.6) is 0 Å². The third kappa shape index (κ3) is 62.2. The molecule has 0 fully saturated rings. The second kappa shape index (κ2) is 64.9. The van der Waals surface area contributed by atoms with Crippen molar-refractivity contribution in [3.8, 4) is 0 Å². The molecule has 0 bridgehead atoms. The minimum atomic E-state index is -0.776. The molecule has 0 aromatic carbocycles. The fourth-order valence-electron chi connectivity index (χ4n) is 9.96. The van der Waals surface area contributed by atoms with Gasteiger partial charge in [0.05, 0.1) is 0 Å². The van der Waals surface area contributed by atoms with Crippen molar-refractivity contribution in [1.29, 1.82) is 0 Å². The van der Waals surface area contributed by atoms with Crippen LogP contribution in [0.2, 0.25) is 0 Å². The van der Waals surface area contributed by atoms with Gasteiger partial charge in [-0.05, 0) is 77.0 Å². The summed E-state index contributed by atoms with van der Waals surface area (Å²) in [7, 11) is 0. The summed E-state index contributed by atoms with van der Waals surface area (Å²) < 4.78 is 16.9. The van der Waals surface area contributed by atoms with Crippen molar-refractivity contribution in [3.63, 3.8) is 0 Å². The minimum absolute atomic E-state index is 0.0742. The van der Waals surface area contributed by atoms with Crippen molar-refractivity contribution in [3.05, 3.63) is 48.6 Å². The van der Waals surface area contributed by atoms with E-state index in [-0.39, 0.29) is 31.1 Å². The predicted octanol–water partition coefficient (Wildman–Crippen LogP) is 22.9. The Morgan fingerprint density at radius 1 is 0.263 bits per heavy atom. The molecular formula is C70H128O6. The number of hydrogen-bond acceptors (Lipinski definition) is 6. The molecule has 1 unspecified atom stereocenters. The highest BCUT2D eigenvalue weighted by Gasteiger charge is 2.19. The quantitative estimate of drug-likeness (QED) is 0.0261. The van der Waals surface area contributed by atoms with E-state index in [4.69, 9.17) is 14.2 Å². The summed E-state index contributed by atoms with van der Waals surface area (Å²) in [5.41, 5.74) is 0. The van der Waals surface area contributed by atoms with Crippen LogP contribution in [0.1, 0.15) is 361 Å². The lowest BCUT2D eigenvalue weighted by molar-refractivity contribution is -0.167. The average molecular weight is 1070 g/mol. The maximum Gasteiger partial charge on any atom is 0.306 e. The van der Waals surface area contributed by atoms with Gasteiger partial charge in [-0.3, -0.25) is 14.4 Å². The summed E-state index contributed by atoms with van der Waals surface area (Å²) >= 11 is 0. The highest BCUT2D eigenvalue weighted by Crippen LogP contribution is 2.18. The van der Waals surface area contributed by atoms with Gasteiger partial charge in [-0.1, -0.05) is 313 Å². The van der Waals surface area contributed by atoms with Crippen LogP contribution >= 0.6 is 0 Å². The Morgan fingerprint density at radius 2 is 0.487 bits per heavy atom. The second-order valence-corrected chi connectivity index (χ2v) is 22.7. The van der Waals surface area contributed by atoms with Gasteiger partial charge < -0.3 is 14.2 Å². The minimum Gasteiger partial charge on any atom is -0.462 e. The van der Waals surface area contributed by atoms with Gasteiger partial charge >= 0.3 is 17.9 Å². The van der Waals surface area contributed by atoms with Crippen molar-refractivity contribution in [2.75, 3.05) is 13.2 Å². The summed E-state index contributed by atoms with van der Waals surface area (Å²) in [5, 5.41) is 0. The molecule has 6 heteroatoms. The normalized spacial score (nSPS) is 12.3. The Bertz CT molecular complexity index is 1310.